The van der Waals surface area contributed by atoms with Crippen LogP contribution in [0.4, 0.5) is 5.82 Å². The summed E-state index contributed by atoms with van der Waals surface area (Å²) in [6, 6.07) is 5.80. The molecular formula is C25H35IN4O2. The summed E-state index contributed by atoms with van der Waals surface area (Å²) < 4.78 is 5.28. The molecule has 2 aliphatic rings. The molecule has 1 amide bonds. The molecule has 0 aromatic carbocycles. The van der Waals surface area contributed by atoms with Crippen LogP contribution >= 0.6 is 23.0 Å². The summed E-state index contributed by atoms with van der Waals surface area (Å²) in [5.74, 6) is 1.64. The Kier molecular flexibility index (Phi) is 10.2. The SMILES string of the molecule is C=C/C=C(\C=C)N1CCN(CCN(C(=O)C2CCC(COI)CC2)c2ccccn2)CC1. The summed E-state index contributed by atoms with van der Waals surface area (Å²) in [5, 5.41) is 0. The molecule has 1 aromatic rings. The summed E-state index contributed by atoms with van der Waals surface area (Å²) in [4.78, 5) is 24.7. The van der Waals surface area contributed by atoms with Gasteiger partial charge in [-0.3, -0.25) is 14.6 Å². The monoisotopic (exact) mass is 550 g/mol. The molecule has 2 heterocycles. The van der Waals surface area contributed by atoms with Gasteiger partial charge in [0.15, 0.2) is 0 Å². The number of halogens is 1. The summed E-state index contributed by atoms with van der Waals surface area (Å²) in [5.41, 5.74) is 1.12. The number of hydrogen-bond acceptors (Lipinski definition) is 5. The van der Waals surface area contributed by atoms with Gasteiger partial charge in [0.1, 0.15) is 28.8 Å². The van der Waals surface area contributed by atoms with Crippen LogP contribution in [0.3, 0.4) is 0 Å². The van der Waals surface area contributed by atoms with Crippen LogP contribution in [0, 0.1) is 11.8 Å². The number of hydrogen-bond donors (Lipinski definition) is 0. The Labute approximate surface area is 206 Å². The molecule has 2 fully saturated rings. The molecule has 174 valence electrons. The van der Waals surface area contributed by atoms with Gasteiger partial charge < -0.3 is 7.97 Å². The maximum atomic E-state index is 13.5. The van der Waals surface area contributed by atoms with Crippen LogP contribution in [-0.4, -0.2) is 66.6 Å². The van der Waals surface area contributed by atoms with Crippen molar-refractivity contribution in [3.05, 3.63) is 61.5 Å². The third kappa shape index (κ3) is 6.89. The van der Waals surface area contributed by atoms with Crippen molar-refractivity contribution in [1.82, 2.24) is 14.8 Å². The lowest BCUT2D eigenvalue weighted by atomic mass is 9.81. The van der Waals surface area contributed by atoms with Crippen molar-refractivity contribution in [2.24, 2.45) is 11.8 Å². The van der Waals surface area contributed by atoms with Crippen molar-refractivity contribution in [2.75, 3.05) is 50.8 Å². The number of carbonyl (C=O) groups is 1. The zero-order valence-electron chi connectivity index (χ0n) is 18.9. The van der Waals surface area contributed by atoms with Crippen molar-refractivity contribution >= 4 is 34.7 Å². The minimum atomic E-state index is 0.0819. The Hall–Kier alpha value is -1.71. The van der Waals surface area contributed by atoms with E-state index in [4.69, 9.17) is 3.07 Å². The van der Waals surface area contributed by atoms with E-state index < -0.39 is 0 Å². The van der Waals surface area contributed by atoms with Crippen molar-refractivity contribution < 1.29 is 7.86 Å². The van der Waals surface area contributed by atoms with Crippen LogP contribution in [0.15, 0.2) is 61.5 Å². The molecule has 0 atom stereocenters. The second-order valence-electron chi connectivity index (χ2n) is 8.53. The van der Waals surface area contributed by atoms with Gasteiger partial charge in [0.2, 0.25) is 5.91 Å². The molecule has 0 radical (unpaired) electrons. The minimum absolute atomic E-state index is 0.0819. The predicted octanol–water partition coefficient (Wildman–Crippen LogP) is 4.46. The van der Waals surface area contributed by atoms with Crippen molar-refractivity contribution in [2.45, 2.75) is 25.7 Å². The first-order valence-corrected chi connectivity index (χ1v) is 12.4. The number of amides is 1. The van der Waals surface area contributed by atoms with Crippen LogP contribution in [0.1, 0.15) is 25.7 Å². The average Bonchev–Trinajstić information content (AvgIpc) is 2.84. The molecule has 6 nitrogen and oxygen atoms in total. The molecule has 1 aromatic heterocycles. The molecule has 0 spiro atoms. The lowest BCUT2D eigenvalue weighted by molar-refractivity contribution is -0.123. The predicted molar refractivity (Wildman–Crippen MR) is 138 cm³/mol. The fourth-order valence-corrected chi connectivity index (χ4v) is 5.14. The molecule has 1 aliphatic heterocycles. The highest BCUT2D eigenvalue weighted by Crippen LogP contribution is 2.31. The molecule has 1 saturated carbocycles. The van der Waals surface area contributed by atoms with E-state index in [9.17, 15) is 4.79 Å². The van der Waals surface area contributed by atoms with Crippen molar-refractivity contribution in [3.8, 4) is 0 Å². The van der Waals surface area contributed by atoms with E-state index in [1.54, 1.807) is 6.20 Å². The van der Waals surface area contributed by atoms with Crippen molar-refractivity contribution in [3.63, 3.8) is 0 Å². The second kappa shape index (κ2) is 13.1. The molecule has 0 bridgehead atoms. The smallest absolute Gasteiger partial charge is 0.231 e. The zero-order valence-corrected chi connectivity index (χ0v) is 21.0. The van der Waals surface area contributed by atoms with Crippen LogP contribution in [-0.2, 0) is 7.86 Å². The largest absolute Gasteiger partial charge is 0.369 e. The van der Waals surface area contributed by atoms with Gasteiger partial charge in [0.05, 0.1) is 6.61 Å². The first-order valence-electron chi connectivity index (χ1n) is 11.5. The van der Waals surface area contributed by atoms with E-state index in [1.807, 2.05) is 64.3 Å². The number of rotatable bonds is 10. The number of aromatic nitrogens is 1. The number of piperazine rings is 1. The lowest BCUT2D eigenvalue weighted by Crippen LogP contribution is -2.49. The second-order valence-corrected chi connectivity index (χ2v) is 9.15. The summed E-state index contributed by atoms with van der Waals surface area (Å²) in [7, 11) is 0. The number of allylic oxidation sites excluding steroid dienone is 3. The third-order valence-corrected chi connectivity index (χ3v) is 6.92. The number of anilines is 1. The number of carbonyl (C=O) groups excluding carboxylic acids is 1. The van der Waals surface area contributed by atoms with E-state index in [0.29, 0.717) is 12.5 Å². The van der Waals surface area contributed by atoms with E-state index in [1.165, 1.54) is 0 Å². The summed E-state index contributed by atoms with van der Waals surface area (Å²) >= 11 is 1.97. The Bertz CT molecular complexity index is 769. The van der Waals surface area contributed by atoms with Gasteiger partial charge in [-0.1, -0.05) is 25.3 Å². The normalized spacial score (nSPS) is 22.4. The fraction of sp³-hybridized carbons (Fsp3) is 0.520. The highest BCUT2D eigenvalue weighted by molar-refractivity contribution is 14.1. The van der Waals surface area contributed by atoms with Gasteiger partial charge in [-0.05, 0) is 55.9 Å². The molecule has 1 aliphatic carbocycles. The summed E-state index contributed by atoms with van der Waals surface area (Å²) in [6.45, 7) is 13.8. The van der Waals surface area contributed by atoms with Gasteiger partial charge in [0.25, 0.3) is 0 Å². The van der Waals surface area contributed by atoms with Crippen LogP contribution in [0.5, 0.6) is 0 Å². The number of nitrogens with zero attached hydrogens (tertiary/aromatic N) is 4. The Morgan fingerprint density at radius 2 is 1.94 bits per heavy atom. The van der Waals surface area contributed by atoms with Gasteiger partial charge >= 0.3 is 0 Å². The maximum absolute atomic E-state index is 13.5. The maximum Gasteiger partial charge on any atom is 0.231 e. The summed E-state index contributed by atoms with van der Waals surface area (Å²) in [6.07, 6.45) is 11.5. The van der Waals surface area contributed by atoms with Gasteiger partial charge in [-0.25, -0.2) is 4.98 Å². The van der Waals surface area contributed by atoms with Gasteiger partial charge in [0, 0.05) is 57.1 Å². The fourth-order valence-electron chi connectivity index (χ4n) is 4.63. The van der Waals surface area contributed by atoms with E-state index in [0.717, 1.165) is 76.5 Å². The van der Waals surface area contributed by atoms with Gasteiger partial charge in [-0.15, -0.1) is 0 Å². The topological polar surface area (TPSA) is 48.9 Å². The first kappa shape index (κ1) is 24.9. The molecule has 3 rings (SSSR count). The minimum Gasteiger partial charge on any atom is -0.369 e. The lowest BCUT2D eigenvalue weighted by Gasteiger charge is -2.38. The molecule has 7 heteroatoms. The Balaban J connectivity index is 1.58. The third-order valence-electron chi connectivity index (χ3n) is 6.56. The highest BCUT2D eigenvalue weighted by atomic mass is 127. The van der Waals surface area contributed by atoms with Crippen LogP contribution in [0.2, 0.25) is 0 Å². The Morgan fingerprint density at radius 1 is 1.19 bits per heavy atom. The first-order chi connectivity index (χ1) is 15.7. The quantitative estimate of drug-likeness (QED) is 0.318. The van der Waals surface area contributed by atoms with E-state index in [-0.39, 0.29) is 11.8 Å². The van der Waals surface area contributed by atoms with Crippen LogP contribution < -0.4 is 4.90 Å². The van der Waals surface area contributed by atoms with E-state index in [2.05, 4.69) is 27.9 Å². The Morgan fingerprint density at radius 3 is 2.53 bits per heavy atom. The highest BCUT2D eigenvalue weighted by Gasteiger charge is 2.31. The molecule has 32 heavy (non-hydrogen) atoms. The zero-order chi connectivity index (χ0) is 22.8. The standard InChI is InChI=1S/C25H35IN4O2/c1-3-7-23(4-2)29-17-14-28(15-18-29)16-19-30(24-8-5-6-13-27-24)25(31)22-11-9-21(10-12-22)20-32-26/h3-8,13,21-22H,1-2,9-12,14-20H2/b23-7+. The van der Waals surface area contributed by atoms with Crippen molar-refractivity contribution in [1.29, 1.82) is 0 Å². The van der Waals surface area contributed by atoms with Crippen LogP contribution in [0.25, 0.3) is 0 Å². The molecular weight excluding hydrogens is 515 g/mol. The van der Waals surface area contributed by atoms with E-state index >= 15 is 0 Å². The average molecular weight is 550 g/mol. The van der Waals surface area contributed by atoms with Gasteiger partial charge in [-0.2, -0.15) is 0 Å². The molecule has 0 unspecified atom stereocenters. The number of pyridine rings is 1. The molecule has 0 N–H and O–H groups in total. The molecule has 1 saturated heterocycles.